The van der Waals surface area contributed by atoms with Crippen LogP contribution in [0.25, 0.3) is 0 Å². The Kier molecular flexibility index (Phi) is 3.52. The highest BCUT2D eigenvalue weighted by molar-refractivity contribution is 9.10. The van der Waals surface area contributed by atoms with E-state index in [1.54, 1.807) is 0 Å². The second kappa shape index (κ2) is 4.92. The first kappa shape index (κ1) is 12.2. The van der Waals surface area contributed by atoms with Crippen LogP contribution in [-0.4, -0.2) is 9.78 Å². The summed E-state index contributed by atoms with van der Waals surface area (Å²) >= 11 is 3.46. The fourth-order valence-corrected chi connectivity index (χ4v) is 2.27. The maximum Gasteiger partial charge on any atom is 0.137 e. The molecule has 0 aliphatic heterocycles. The van der Waals surface area contributed by atoms with E-state index in [4.69, 9.17) is 5.73 Å². The van der Waals surface area contributed by atoms with Gasteiger partial charge in [0, 0.05) is 0 Å². The lowest BCUT2D eigenvalue weighted by atomic mass is 10.1. The highest BCUT2D eigenvalue weighted by atomic mass is 79.9. The third-order valence-electron chi connectivity index (χ3n) is 2.91. The molecule has 2 rings (SSSR count). The van der Waals surface area contributed by atoms with Crippen molar-refractivity contribution in [1.82, 2.24) is 9.78 Å². The molecule has 4 heteroatoms. The smallest absolute Gasteiger partial charge is 0.137 e. The van der Waals surface area contributed by atoms with Crippen molar-refractivity contribution >= 4 is 21.7 Å². The number of rotatable bonds is 3. The molecule has 0 aliphatic rings. The molecule has 0 radical (unpaired) electrons. The number of aryl methyl sites for hydroxylation is 1. The van der Waals surface area contributed by atoms with Gasteiger partial charge >= 0.3 is 0 Å². The Morgan fingerprint density at radius 3 is 2.47 bits per heavy atom. The Morgan fingerprint density at radius 1 is 1.35 bits per heavy atom. The normalized spacial score (nSPS) is 12.6. The molecule has 0 spiro atoms. The van der Waals surface area contributed by atoms with E-state index in [0.717, 1.165) is 16.6 Å². The fraction of sp³-hybridized carbons (Fsp3) is 0.308. The number of benzene rings is 1. The van der Waals surface area contributed by atoms with Crippen molar-refractivity contribution in [2.75, 3.05) is 5.73 Å². The molecule has 0 saturated carbocycles. The molecule has 0 amide bonds. The van der Waals surface area contributed by atoms with Gasteiger partial charge in [-0.1, -0.05) is 37.3 Å². The Labute approximate surface area is 110 Å². The monoisotopic (exact) mass is 293 g/mol. The van der Waals surface area contributed by atoms with Gasteiger partial charge in [-0.3, -0.25) is 0 Å². The molecular weight excluding hydrogens is 278 g/mol. The molecule has 90 valence electrons. The summed E-state index contributed by atoms with van der Waals surface area (Å²) in [6, 6.07) is 10.5. The Morgan fingerprint density at radius 2 is 2.00 bits per heavy atom. The van der Waals surface area contributed by atoms with Crippen molar-refractivity contribution in [3.05, 3.63) is 46.1 Å². The van der Waals surface area contributed by atoms with Crippen LogP contribution in [-0.2, 0) is 0 Å². The fourth-order valence-electron chi connectivity index (χ4n) is 2.01. The molecule has 3 nitrogen and oxygen atoms in total. The first-order valence-corrected chi connectivity index (χ1v) is 6.49. The van der Waals surface area contributed by atoms with E-state index < -0.39 is 0 Å². The van der Waals surface area contributed by atoms with Crippen LogP contribution < -0.4 is 5.73 Å². The van der Waals surface area contributed by atoms with Crippen LogP contribution in [0.3, 0.4) is 0 Å². The van der Waals surface area contributed by atoms with Gasteiger partial charge in [0.15, 0.2) is 0 Å². The molecule has 0 saturated heterocycles. The zero-order chi connectivity index (χ0) is 12.4. The van der Waals surface area contributed by atoms with Gasteiger partial charge in [0.25, 0.3) is 0 Å². The predicted molar refractivity (Wildman–Crippen MR) is 73.9 cm³/mol. The second-order valence-corrected chi connectivity index (χ2v) is 4.86. The maximum absolute atomic E-state index is 6.07. The number of nitrogen functional groups attached to an aromatic ring is 1. The molecule has 1 atom stereocenters. The quantitative estimate of drug-likeness (QED) is 0.941. The van der Waals surface area contributed by atoms with E-state index in [-0.39, 0.29) is 6.04 Å². The van der Waals surface area contributed by atoms with Crippen LogP contribution in [0, 0.1) is 6.92 Å². The summed E-state index contributed by atoms with van der Waals surface area (Å²) < 4.78 is 2.79. The number of aromatic nitrogens is 2. The summed E-state index contributed by atoms with van der Waals surface area (Å²) in [5, 5.41) is 4.50. The largest absolute Gasteiger partial charge is 0.383 e. The molecule has 0 aliphatic carbocycles. The van der Waals surface area contributed by atoms with Gasteiger partial charge in [-0.2, -0.15) is 5.10 Å². The summed E-state index contributed by atoms with van der Waals surface area (Å²) in [5.41, 5.74) is 8.23. The first-order chi connectivity index (χ1) is 8.15. The van der Waals surface area contributed by atoms with Crippen LogP contribution >= 0.6 is 15.9 Å². The highest BCUT2D eigenvalue weighted by Gasteiger charge is 2.18. The summed E-state index contributed by atoms with van der Waals surface area (Å²) in [6.45, 7) is 4.09. The van der Waals surface area contributed by atoms with Gasteiger partial charge in [0.05, 0.1) is 16.2 Å². The summed E-state index contributed by atoms with van der Waals surface area (Å²) in [6.07, 6.45) is 0.960. The van der Waals surface area contributed by atoms with E-state index in [9.17, 15) is 0 Å². The van der Waals surface area contributed by atoms with Crippen LogP contribution in [0.4, 0.5) is 5.82 Å². The molecule has 17 heavy (non-hydrogen) atoms. The van der Waals surface area contributed by atoms with Crippen molar-refractivity contribution in [1.29, 1.82) is 0 Å². The number of halogens is 1. The number of anilines is 1. The van der Waals surface area contributed by atoms with E-state index in [1.165, 1.54) is 5.56 Å². The molecule has 2 aromatic rings. The Balaban J connectivity index is 2.46. The molecule has 1 aromatic carbocycles. The van der Waals surface area contributed by atoms with Gasteiger partial charge in [-0.05, 0) is 34.8 Å². The van der Waals surface area contributed by atoms with Crippen LogP contribution in [0.1, 0.15) is 30.6 Å². The molecule has 1 aromatic heterocycles. The minimum absolute atomic E-state index is 0.196. The van der Waals surface area contributed by atoms with Crippen molar-refractivity contribution in [3.8, 4) is 0 Å². The zero-order valence-corrected chi connectivity index (χ0v) is 11.6. The Bertz CT molecular complexity index is 505. The summed E-state index contributed by atoms with van der Waals surface area (Å²) in [7, 11) is 0. The van der Waals surface area contributed by atoms with E-state index in [2.05, 4.69) is 40.1 Å². The molecule has 1 unspecified atom stereocenters. The molecule has 2 N–H and O–H groups in total. The van der Waals surface area contributed by atoms with Crippen molar-refractivity contribution in [3.63, 3.8) is 0 Å². The highest BCUT2D eigenvalue weighted by Crippen LogP contribution is 2.30. The summed E-state index contributed by atoms with van der Waals surface area (Å²) in [4.78, 5) is 0. The van der Waals surface area contributed by atoms with Crippen molar-refractivity contribution < 1.29 is 0 Å². The SMILES string of the molecule is CCC(c1ccccc1)n1nc(C)c(Br)c1N. The van der Waals surface area contributed by atoms with E-state index >= 15 is 0 Å². The van der Waals surface area contributed by atoms with E-state index in [0.29, 0.717) is 5.82 Å². The minimum atomic E-state index is 0.196. The summed E-state index contributed by atoms with van der Waals surface area (Å²) in [5.74, 6) is 0.693. The zero-order valence-electron chi connectivity index (χ0n) is 10.0. The average Bonchev–Trinajstić information content (AvgIpc) is 2.60. The Hall–Kier alpha value is -1.29. The van der Waals surface area contributed by atoms with Crippen LogP contribution in [0.15, 0.2) is 34.8 Å². The van der Waals surface area contributed by atoms with Gasteiger partial charge in [0.2, 0.25) is 0 Å². The van der Waals surface area contributed by atoms with Gasteiger partial charge in [-0.15, -0.1) is 0 Å². The van der Waals surface area contributed by atoms with Crippen molar-refractivity contribution in [2.24, 2.45) is 0 Å². The lowest BCUT2D eigenvalue weighted by molar-refractivity contribution is 0.513. The minimum Gasteiger partial charge on any atom is -0.383 e. The van der Waals surface area contributed by atoms with Gasteiger partial charge < -0.3 is 5.73 Å². The topological polar surface area (TPSA) is 43.8 Å². The number of hydrogen-bond donors (Lipinski definition) is 1. The standard InChI is InChI=1S/C13H16BrN3/c1-3-11(10-7-5-4-6-8-10)17-13(15)12(14)9(2)16-17/h4-8,11H,3,15H2,1-2H3. The molecule has 0 fully saturated rings. The van der Waals surface area contributed by atoms with Gasteiger partial charge in [0.1, 0.15) is 5.82 Å². The predicted octanol–water partition coefficient (Wildman–Crippen LogP) is 3.54. The third-order valence-corrected chi connectivity index (χ3v) is 3.89. The molecule has 0 bridgehead atoms. The van der Waals surface area contributed by atoms with Gasteiger partial charge in [-0.25, -0.2) is 4.68 Å². The number of nitrogens with zero attached hydrogens (tertiary/aromatic N) is 2. The maximum atomic E-state index is 6.07. The van der Waals surface area contributed by atoms with Crippen molar-refractivity contribution in [2.45, 2.75) is 26.3 Å². The number of nitrogens with two attached hydrogens (primary N) is 1. The third kappa shape index (κ3) is 2.22. The molecular formula is C13H16BrN3. The van der Waals surface area contributed by atoms with Crippen LogP contribution in [0.2, 0.25) is 0 Å². The molecule has 1 heterocycles. The average molecular weight is 294 g/mol. The van der Waals surface area contributed by atoms with Crippen LogP contribution in [0.5, 0.6) is 0 Å². The number of hydrogen-bond acceptors (Lipinski definition) is 2. The second-order valence-electron chi connectivity index (χ2n) is 4.06. The first-order valence-electron chi connectivity index (χ1n) is 5.70. The lowest BCUT2D eigenvalue weighted by Crippen LogP contribution is -2.14. The lowest BCUT2D eigenvalue weighted by Gasteiger charge is -2.17. The van der Waals surface area contributed by atoms with E-state index in [1.807, 2.05) is 29.8 Å².